The summed E-state index contributed by atoms with van der Waals surface area (Å²) in [6.07, 6.45) is 1.62. The summed E-state index contributed by atoms with van der Waals surface area (Å²) in [6, 6.07) is 22.3. The van der Waals surface area contributed by atoms with Gasteiger partial charge in [-0.25, -0.2) is 14.3 Å². The number of carboxylic acids is 1. The maximum absolute atomic E-state index is 12.1. The molecule has 162 valence electrons. The average Bonchev–Trinajstić information content (AvgIpc) is 3.40. The maximum atomic E-state index is 12.1. The molecular formula is C24H16N4O5. The Hall–Kier alpha value is -4.92. The lowest BCUT2D eigenvalue weighted by Crippen LogP contribution is -2.04. The molecule has 3 aromatic carbocycles. The van der Waals surface area contributed by atoms with Crippen molar-refractivity contribution in [2.24, 2.45) is 0 Å². The largest absolute Gasteiger partial charge is 0.476 e. The lowest BCUT2D eigenvalue weighted by Gasteiger charge is -2.06. The van der Waals surface area contributed by atoms with Crippen LogP contribution in [0.3, 0.4) is 0 Å². The van der Waals surface area contributed by atoms with Gasteiger partial charge in [0.2, 0.25) is 0 Å². The van der Waals surface area contributed by atoms with Gasteiger partial charge >= 0.3 is 5.97 Å². The van der Waals surface area contributed by atoms with Gasteiger partial charge in [-0.1, -0.05) is 18.2 Å². The number of carbonyl (C=O) groups is 1. The number of nitro benzene ring substituents is 1. The number of para-hydroxylation sites is 1. The molecule has 2 N–H and O–H groups in total. The maximum Gasteiger partial charge on any atom is 0.356 e. The molecule has 0 aliphatic carbocycles. The highest BCUT2D eigenvalue weighted by Crippen LogP contribution is 2.32. The van der Waals surface area contributed by atoms with Crippen molar-refractivity contribution in [2.45, 2.75) is 0 Å². The van der Waals surface area contributed by atoms with E-state index in [2.05, 4.69) is 10.1 Å². The molecule has 9 nitrogen and oxygen atoms in total. The van der Waals surface area contributed by atoms with Crippen LogP contribution in [-0.2, 0) is 0 Å². The number of H-pyrrole nitrogens is 1. The standard InChI is InChI=1S/C24H16N4O5/c29-24(30)22-21(16-8-12-19(13-9-16)33-18-4-2-1-3-5-18)26-23-20(14-25-27(22)23)15-6-10-17(11-7-15)28(31)32/h1-14,25H,(H,29,30). The molecule has 0 amide bonds. The quantitative estimate of drug-likeness (QED) is 0.269. The van der Waals surface area contributed by atoms with Crippen molar-refractivity contribution in [1.29, 1.82) is 0 Å². The Labute approximate surface area is 186 Å². The molecule has 0 fully saturated rings. The van der Waals surface area contributed by atoms with Crippen molar-refractivity contribution in [2.75, 3.05) is 0 Å². The molecule has 0 radical (unpaired) electrons. The number of nitro groups is 1. The molecule has 0 bridgehead atoms. The van der Waals surface area contributed by atoms with E-state index in [1.54, 1.807) is 42.6 Å². The van der Waals surface area contributed by atoms with E-state index in [-0.39, 0.29) is 11.4 Å². The number of nitrogens with zero attached hydrogens (tertiary/aromatic N) is 3. The zero-order valence-corrected chi connectivity index (χ0v) is 17.0. The van der Waals surface area contributed by atoms with Crippen LogP contribution in [0.2, 0.25) is 0 Å². The molecule has 0 spiro atoms. The van der Waals surface area contributed by atoms with Gasteiger partial charge in [-0.05, 0) is 54.1 Å². The highest BCUT2D eigenvalue weighted by molar-refractivity contribution is 5.96. The minimum atomic E-state index is -1.14. The van der Waals surface area contributed by atoms with Crippen molar-refractivity contribution in [1.82, 2.24) is 14.6 Å². The number of non-ortho nitro benzene ring substituents is 1. The van der Waals surface area contributed by atoms with Crippen molar-refractivity contribution in [3.63, 3.8) is 0 Å². The molecule has 2 aromatic heterocycles. The minimum absolute atomic E-state index is 0.0186. The fourth-order valence-corrected chi connectivity index (χ4v) is 3.60. The molecule has 0 saturated heterocycles. The average molecular weight is 440 g/mol. The lowest BCUT2D eigenvalue weighted by molar-refractivity contribution is -0.384. The summed E-state index contributed by atoms with van der Waals surface area (Å²) in [6.45, 7) is 0. The number of aromatic amines is 1. The van der Waals surface area contributed by atoms with Gasteiger partial charge in [-0.2, -0.15) is 0 Å². The number of benzene rings is 3. The van der Waals surface area contributed by atoms with Crippen LogP contribution in [0.15, 0.2) is 85.1 Å². The van der Waals surface area contributed by atoms with Crippen molar-refractivity contribution in [3.8, 4) is 33.9 Å². The van der Waals surface area contributed by atoms with Gasteiger partial charge in [0.15, 0.2) is 11.3 Å². The van der Waals surface area contributed by atoms with Gasteiger partial charge in [0.25, 0.3) is 5.69 Å². The summed E-state index contributed by atoms with van der Waals surface area (Å²) in [4.78, 5) is 27.1. The Morgan fingerprint density at radius 3 is 2.21 bits per heavy atom. The first kappa shape index (κ1) is 20.0. The second kappa shape index (κ2) is 7.97. The number of imidazole rings is 1. The van der Waals surface area contributed by atoms with E-state index >= 15 is 0 Å². The van der Waals surface area contributed by atoms with Gasteiger partial charge in [0.05, 0.1) is 4.92 Å². The van der Waals surface area contributed by atoms with Crippen LogP contribution in [0.4, 0.5) is 5.69 Å². The minimum Gasteiger partial charge on any atom is -0.476 e. The molecule has 9 heteroatoms. The third-order valence-electron chi connectivity index (χ3n) is 5.15. The van der Waals surface area contributed by atoms with Crippen molar-refractivity contribution < 1.29 is 19.6 Å². The lowest BCUT2D eigenvalue weighted by atomic mass is 10.1. The van der Waals surface area contributed by atoms with Crippen LogP contribution in [0.5, 0.6) is 11.5 Å². The predicted octanol–water partition coefficient (Wildman–Crippen LogP) is 5.40. The Morgan fingerprint density at radius 1 is 0.939 bits per heavy atom. The Kier molecular flexibility index (Phi) is 4.83. The van der Waals surface area contributed by atoms with E-state index in [1.165, 1.54) is 16.6 Å². The topological polar surface area (TPSA) is 123 Å². The molecule has 0 atom stereocenters. The van der Waals surface area contributed by atoms with Crippen LogP contribution in [0, 0.1) is 10.1 Å². The third-order valence-corrected chi connectivity index (χ3v) is 5.15. The third kappa shape index (κ3) is 3.68. The highest BCUT2D eigenvalue weighted by atomic mass is 16.6. The SMILES string of the molecule is O=C(O)c1c(-c2ccc(Oc3ccccc3)cc2)nc2c(-c3ccc([N+](=O)[O-])cc3)c[nH]n12. The monoisotopic (exact) mass is 440 g/mol. The molecule has 0 unspecified atom stereocenters. The van der Waals surface area contributed by atoms with Crippen molar-refractivity contribution >= 4 is 17.3 Å². The first-order chi connectivity index (χ1) is 16.0. The summed E-state index contributed by atoms with van der Waals surface area (Å²) >= 11 is 0. The Morgan fingerprint density at radius 2 is 1.58 bits per heavy atom. The van der Waals surface area contributed by atoms with Gasteiger partial charge < -0.3 is 9.84 Å². The zero-order chi connectivity index (χ0) is 22.9. The number of fused-ring (bicyclic) bond motifs is 1. The van der Waals surface area contributed by atoms with Crippen LogP contribution >= 0.6 is 0 Å². The number of ether oxygens (including phenoxy) is 1. The van der Waals surface area contributed by atoms with Gasteiger partial charge in [-0.3, -0.25) is 15.2 Å². The first-order valence-corrected chi connectivity index (χ1v) is 9.92. The molecule has 2 heterocycles. The second-order valence-electron chi connectivity index (χ2n) is 7.20. The Balaban J connectivity index is 1.53. The van der Waals surface area contributed by atoms with E-state index in [1.807, 2.05) is 30.3 Å². The number of carboxylic acid groups (broad SMARTS) is 1. The number of hydrogen-bond donors (Lipinski definition) is 2. The molecule has 5 rings (SSSR count). The molecular weight excluding hydrogens is 424 g/mol. The molecule has 33 heavy (non-hydrogen) atoms. The zero-order valence-electron chi connectivity index (χ0n) is 17.0. The predicted molar refractivity (Wildman–Crippen MR) is 121 cm³/mol. The molecule has 0 saturated carbocycles. The van der Waals surface area contributed by atoms with E-state index in [0.29, 0.717) is 39.5 Å². The van der Waals surface area contributed by atoms with Crippen LogP contribution in [0.1, 0.15) is 10.5 Å². The summed E-state index contributed by atoms with van der Waals surface area (Å²) in [7, 11) is 0. The Bertz CT molecular complexity index is 1470. The summed E-state index contributed by atoms with van der Waals surface area (Å²) in [5, 5.41) is 23.7. The van der Waals surface area contributed by atoms with Crippen LogP contribution in [0.25, 0.3) is 28.0 Å². The number of nitrogens with one attached hydrogen (secondary N) is 1. The normalized spacial score (nSPS) is 10.9. The smallest absolute Gasteiger partial charge is 0.356 e. The fraction of sp³-hybridized carbons (Fsp3) is 0. The van der Waals surface area contributed by atoms with Gasteiger partial charge in [-0.15, -0.1) is 0 Å². The summed E-state index contributed by atoms with van der Waals surface area (Å²) in [5.74, 6) is 0.164. The van der Waals surface area contributed by atoms with Crippen LogP contribution < -0.4 is 4.74 Å². The summed E-state index contributed by atoms with van der Waals surface area (Å²) in [5.41, 5.74) is 2.56. The molecule has 5 aromatic rings. The number of hydrogen-bond acceptors (Lipinski definition) is 5. The van der Waals surface area contributed by atoms with Gasteiger partial charge in [0, 0.05) is 29.5 Å². The molecule has 0 aliphatic rings. The van der Waals surface area contributed by atoms with Crippen molar-refractivity contribution in [3.05, 3.63) is 101 Å². The highest BCUT2D eigenvalue weighted by Gasteiger charge is 2.23. The summed E-state index contributed by atoms with van der Waals surface area (Å²) < 4.78 is 7.19. The van der Waals surface area contributed by atoms with Crippen LogP contribution in [-0.4, -0.2) is 30.6 Å². The number of aromatic carboxylic acids is 1. The van der Waals surface area contributed by atoms with E-state index in [0.717, 1.165) is 0 Å². The fourth-order valence-electron chi connectivity index (χ4n) is 3.60. The molecule has 0 aliphatic heterocycles. The first-order valence-electron chi connectivity index (χ1n) is 9.92. The second-order valence-corrected chi connectivity index (χ2v) is 7.20. The number of rotatable bonds is 6. The van der Waals surface area contributed by atoms with E-state index < -0.39 is 10.9 Å². The number of aromatic nitrogens is 3. The van der Waals surface area contributed by atoms with E-state index in [4.69, 9.17) is 4.74 Å². The van der Waals surface area contributed by atoms with E-state index in [9.17, 15) is 20.0 Å². The van der Waals surface area contributed by atoms with Gasteiger partial charge in [0.1, 0.15) is 17.2 Å².